The fourth-order valence-corrected chi connectivity index (χ4v) is 4.63. The third-order valence-corrected chi connectivity index (χ3v) is 5.46. The van der Waals surface area contributed by atoms with Crippen molar-refractivity contribution < 1.29 is 19.7 Å². The van der Waals surface area contributed by atoms with Crippen molar-refractivity contribution in [3.05, 3.63) is 23.3 Å². The number of allylic oxidation sites excluding steroid dienone is 4. The molecule has 0 aromatic carbocycles. The van der Waals surface area contributed by atoms with Gasteiger partial charge in [0.15, 0.2) is 17.5 Å². The van der Waals surface area contributed by atoms with Crippen LogP contribution in [0.25, 0.3) is 0 Å². The summed E-state index contributed by atoms with van der Waals surface area (Å²) in [4.78, 5) is 12.5. The van der Waals surface area contributed by atoms with Crippen molar-refractivity contribution in [2.75, 3.05) is 6.61 Å². The second-order valence-corrected chi connectivity index (χ2v) is 6.45. The van der Waals surface area contributed by atoms with Gasteiger partial charge in [0.25, 0.3) is 0 Å². The first kappa shape index (κ1) is 11.8. The third kappa shape index (κ3) is 1.14. The van der Waals surface area contributed by atoms with Gasteiger partial charge in [-0.05, 0) is 13.8 Å². The summed E-state index contributed by atoms with van der Waals surface area (Å²) in [5.41, 5.74) is 1.52. The Balaban J connectivity index is 1.82. The highest BCUT2D eigenvalue weighted by molar-refractivity contribution is 5.93. The van der Waals surface area contributed by atoms with E-state index in [2.05, 4.69) is 26.0 Å². The highest BCUT2D eigenvalue weighted by Gasteiger charge is 2.75. The van der Waals surface area contributed by atoms with Crippen LogP contribution in [-0.4, -0.2) is 40.4 Å². The summed E-state index contributed by atoms with van der Waals surface area (Å²) >= 11 is 0. The number of ether oxygens (including phenoxy) is 1. The molecule has 0 unspecified atom stereocenters. The Hall–Kier alpha value is -0.970. The molecule has 3 fully saturated rings. The van der Waals surface area contributed by atoms with Gasteiger partial charge in [-0.15, -0.1) is 0 Å². The summed E-state index contributed by atoms with van der Waals surface area (Å²) in [6, 6.07) is 0. The Labute approximate surface area is 111 Å². The van der Waals surface area contributed by atoms with E-state index in [1.165, 1.54) is 11.1 Å². The van der Waals surface area contributed by atoms with E-state index in [9.17, 15) is 15.0 Å². The Morgan fingerprint density at radius 3 is 2.68 bits per heavy atom. The molecule has 1 saturated heterocycles. The molecule has 102 valence electrons. The molecule has 0 aromatic heterocycles. The van der Waals surface area contributed by atoms with Crippen LogP contribution in [0.3, 0.4) is 0 Å². The van der Waals surface area contributed by atoms with E-state index in [-0.39, 0.29) is 36.1 Å². The average Bonchev–Trinajstić information content (AvgIpc) is 2.88. The molecule has 7 atom stereocenters. The summed E-state index contributed by atoms with van der Waals surface area (Å²) in [6.45, 7) is 3.85. The summed E-state index contributed by atoms with van der Waals surface area (Å²) in [5.74, 6) is 0.0379. The lowest BCUT2D eigenvalue weighted by Crippen LogP contribution is -2.53. The number of aliphatic hydroxyl groups excluding tert-OH is 2. The highest BCUT2D eigenvalue weighted by atomic mass is 16.6. The molecule has 2 saturated carbocycles. The monoisotopic (exact) mass is 262 g/mol. The fourth-order valence-electron chi connectivity index (χ4n) is 4.63. The molecule has 0 radical (unpaired) electrons. The van der Waals surface area contributed by atoms with E-state index in [1.54, 1.807) is 0 Å². The predicted molar refractivity (Wildman–Crippen MR) is 67.2 cm³/mol. The number of hydrogen-bond donors (Lipinski definition) is 2. The summed E-state index contributed by atoms with van der Waals surface area (Å²) < 4.78 is 5.40. The predicted octanol–water partition coefficient (Wildman–Crippen LogP) is 0.445. The number of epoxide rings is 1. The minimum atomic E-state index is -1.01. The lowest BCUT2D eigenvalue weighted by molar-refractivity contribution is -0.131. The zero-order valence-electron chi connectivity index (χ0n) is 11.0. The maximum Gasteiger partial charge on any atom is 0.169 e. The first-order valence-electron chi connectivity index (χ1n) is 6.89. The van der Waals surface area contributed by atoms with Crippen molar-refractivity contribution in [1.29, 1.82) is 0 Å². The highest BCUT2D eigenvalue weighted by Crippen LogP contribution is 2.62. The van der Waals surface area contributed by atoms with Crippen LogP contribution in [0, 0.1) is 23.7 Å². The van der Waals surface area contributed by atoms with Gasteiger partial charge in [-0.25, -0.2) is 0 Å². The van der Waals surface area contributed by atoms with E-state index < -0.39 is 17.8 Å². The molecule has 0 aromatic rings. The van der Waals surface area contributed by atoms with E-state index >= 15 is 0 Å². The van der Waals surface area contributed by atoms with Gasteiger partial charge in [-0.3, -0.25) is 4.79 Å². The Bertz CT molecular complexity index is 530. The molecular weight excluding hydrogens is 244 g/mol. The smallest absolute Gasteiger partial charge is 0.169 e. The van der Waals surface area contributed by atoms with Gasteiger partial charge in [-0.2, -0.15) is 0 Å². The van der Waals surface area contributed by atoms with Gasteiger partial charge < -0.3 is 14.9 Å². The number of fused-ring (bicyclic) bond motifs is 6. The Morgan fingerprint density at radius 2 is 2.05 bits per heavy atom. The van der Waals surface area contributed by atoms with Crippen molar-refractivity contribution in [1.82, 2.24) is 0 Å². The minimum Gasteiger partial charge on any atom is -0.393 e. The zero-order chi connectivity index (χ0) is 13.5. The van der Waals surface area contributed by atoms with Crippen LogP contribution >= 0.6 is 0 Å². The lowest BCUT2D eigenvalue weighted by atomic mass is 9.67. The number of Topliss-reactive ketones (excluding diaryl/α,β-unsaturated/α-hetero) is 1. The van der Waals surface area contributed by atoms with Gasteiger partial charge in [0.05, 0.1) is 12.7 Å². The molecule has 3 aliphatic carbocycles. The molecule has 4 rings (SSSR count). The quantitative estimate of drug-likeness (QED) is 0.531. The largest absolute Gasteiger partial charge is 0.393 e. The third-order valence-electron chi connectivity index (χ3n) is 5.46. The van der Waals surface area contributed by atoms with Crippen LogP contribution in [0.2, 0.25) is 0 Å². The normalized spacial score (nSPS) is 53.3. The van der Waals surface area contributed by atoms with Crippen molar-refractivity contribution in [3.63, 3.8) is 0 Å². The van der Waals surface area contributed by atoms with Crippen LogP contribution in [0.15, 0.2) is 23.3 Å². The van der Waals surface area contributed by atoms with Crippen LogP contribution < -0.4 is 0 Å². The molecule has 4 aliphatic rings. The number of rotatable bonds is 1. The molecule has 0 amide bonds. The molecule has 19 heavy (non-hydrogen) atoms. The SMILES string of the molecule is CC(C)=C1[C@H]2C=C[C@@H]1[C@H]1C(=O)[C@H]3O[C@]3(CO)[C@@H](O)[C@@H]12. The average molecular weight is 262 g/mol. The van der Waals surface area contributed by atoms with E-state index in [0.717, 1.165) is 0 Å². The topological polar surface area (TPSA) is 70.1 Å². The maximum absolute atomic E-state index is 12.5. The maximum atomic E-state index is 12.5. The summed E-state index contributed by atoms with van der Waals surface area (Å²) in [5, 5.41) is 20.1. The van der Waals surface area contributed by atoms with Crippen molar-refractivity contribution in [2.45, 2.75) is 31.7 Å². The van der Waals surface area contributed by atoms with Gasteiger partial charge in [0.2, 0.25) is 0 Å². The van der Waals surface area contributed by atoms with Gasteiger partial charge >= 0.3 is 0 Å². The molecule has 0 spiro atoms. The zero-order valence-corrected chi connectivity index (χ0v) is 11.0. The number of ketones is 1. The fraction of sp³-hybridized carbons (Fsp3) is 0.667. The van der Waals surface area contributed by atoms with Crippen molar-refractivity contribution in [3.8, 4) is 0 Å². The Morgan fingerprint density at radius 1 is 1.37 bits per heavy atom. The standard InChI is InChI=1S/C15H18O4/c1-6(2)9-7-3-4-8(9)11-10(7)12(17)14-15(5-16,19-14)13(11)18/h3-4,7-8,10-11,13-14,16,18H,5H2,1-2H3/t7-,8+,10+,11+,13-,14+,15+/m0/s1. The Kier molecular flexibility index (Phi) is 2.10. The van der Waals surface area contributed by atoms with E-state index in [1.807, 2.05) is 0 Å². The molecule has 1 heterocycles. The second-order valence-electron chi connectivity index (χ2n) is 6.45. The van der Waals surface area contributed by atoms with E-state index in [0.29, 0.717) is 0 Å². The summed E-state index contributed by atoms with van der Waals surface area (Å²) in [7, 11) is 0. The molecule has 1 aliphatic heterocycles. The number of carbonyl (C=O) groups is 1. The lowest BCUT2D eigenvalue weighted by Gasteiger charge is -2.36. The van der Waals surface area contributed by atoms with Gasteiger partial charge in [-0.1, -0.05) is 23.3 Å². The molecule has 4 heteroatoms. The van der Waals surface area contributed by atoms with Crippen LogP contribution in [0.5, 0.6) is 0 Å². The first-order valence-corrected chi connectivity index (χ1v) is 6.89. The molecular formula is C15H18O4. The van der Waals surface area contributed by atoms with Gasteiger partial charge in [0, 0.05) is 23.7 Å². The number of carbonyl (C=O) groups excluding carboxylic acids is 1. The van der Waals surface area contributed by atoms with Crippen LogP contribution in [-0.2, 0) is 9.53 Å². The first-order chi connectivity index (χ1) is 9.03. The number of hydrogen-bond acceptors (Lipinski definition) is 4. The van der Waals surface area contributed by atoms with Crippen molar-refractivity contribution in [2.24, 2.45) is 23.7 Å². The van der Waals surface area contributed by atoms with Crippen LogP contribution in [0.1, 0.15) is 13.8 Å². The summed E-state index contributed by atoms with van der Waals surface area (Å²) in [6.07, 6.45) is 2.87. The minimum absolute atomic E-state index is 0.0694. The number of aliphatic hydroxyl groups is 2. The second kappa shape index (κ2) is 3.37. The molecule has 2 bridgehead atoms. The van der Waals surface area contributed by atoms with Crippen LogP contribution in [0.4, 0.5) is 0 Å². The van der Waals surface area contributed by atoms with E-state index in [4.69, 9.17) is 4.74 Å². The van der Waals surface area contributed by atoms with Gasteiger partial charge in [0.1, 0.15) is 0 Å². The van der Waals surface area contributed by atoms with Crippen molar-refractivity contribution >= 4 is 5.78 Å². The molecule has 2 N–H and O–H groups in total. The molecule has 4 nitrogen and oxygen atoms in total.